The number of halogens is 3. The van der Waals surface area contributed by atoms with Crippen LogP contribution in [0.2, 0.25) is 0 Å². The van der Waals surface area contributed by atoms with Crippen molar-refractivity contribution < 1.29 is 4.79 Å². The fourth-order valence-electron chi connectivity index (χ4n) is 0.865. The van der Waals surface area contributed by atoms with Gasteiger partial charge >= 0.3 is 0 Å². The number of carbonyl (C=O) groups excluding carboxylic acids is 1. The van der Waals surface area contributed by atoms with Crippen LogP contribution < -0.4 is 0 Å². The summed E-state index contributed by atoms with van der Waals surface area (Å²) in [5.41, 5.74) is 1.49. The lowest BCUT2D eigenvalue weighted by Crippen LogP contribution is -1.95. The molecule has 0 atom stereocenters. The van der Waals surface area contributed by atoms with E-state index in [9.17, 15) is 4.79 Å². The zero-order valence-electron chi connectivity index (χ0n) is 6.20. The van der Waals surface area contributed by atoms with Crippen molar-refractivity contribution >= 4 is 55.4 Å². The second-order valence-electron chi connectivity index (χ2n) is 2.31. The quantitative estimate of drug-likeness (QED) is 0.551. The molecule has 0 saturated carbocycles. The fourth-order valence-corrected chi connectivity index (χ4v) is 1.97. The highest BCUT2D eigenvalue weighted by Gasteiger charge is 2.09. The molecular weight excluding hydrogens is 354 g/mol. The average molecular weight is 359 g/mol. The molecule has 64 valence electrons. The molecule has 1 rings (SSSR count). The SMILES string of the molecule is Cc1c(C(=O)Cl)ccc(Br)c1I. The maximum Gasteiger partial charge on any atom is 0.252 e. The predicted molar refractivity (Wildman–Crippen MR) is 61.8 cm³/mol. The molecule has 4 heteroatoms. The minimum Gasteiger partial charge on any atom is -0.276 e. The van der Waals surface area contributed by atoms with Gasteiger partial charge in [0.15, 0.2) is 0 Å². The molecule has 0 N–H and O–H groups in total. The van der Waals surface area contributed by atoms with Gasteiger partial charge in [0.1, 0.15) is 0 Å². The van der Waals surface area contributed by atoms with Crippen molar-refractivity contribution in [2.24, 2.45) is 0 Å². The molecule has 0 fully saturated rings. The number of rotatable bonds is 1. The topological polar surface area (TPSA) is 17.1 Å². The van der Waals surface area contributed by atoms with Gasteiger partial charge in [-0.05, 0) is 74.7 Å². The van der Waals surface area contributed by atoms with Gasteiger partial charge in [0.05, 0.1) is 0 Å². The third-order valence-electron chi connectivity index (χ3n) is 1.55. The summed E-state index contributed by atoms with van der Waals surface area (Å²) >= 11 is 10.9. The molecule has 0 saturated heterocycles. The molecule has 1 aromatic carbocycles. The minimum absolute atomic E-state index is 0.405. The molecule has 0 aliphatic rings. The fraction of sp³-hybridized carbons (Fsp3) is 0.125. The average Bonchev–Trinajstić information content (AvgIpc) is 2.00. The number of carbonyl (C=O) groups is 1. The predicted octanol–water partition coefficient (Wildman–Crippen LogP) is 3.74. The molecule has 0 amide bonds. The first kappa shape index (κ1) is 10.5. The Hall–Kier alpha value is 0.390. The minimum atomic E-state index is -0.405. The Morgan fingerprint density at radius 3 is 2.67 bits per heavy atom. The van der Waals surface area contributed by atoms with E-state index in [-0.39, 0.29) is 0 Å². The molecule has 0 bridgehead atoms. The van der Waals surface area contributed by atoms with Gasteiger partial charge in [-0.25, -0.2) is 0 Å². The largest absolute Gasteiger partial charge is 0.276 e. The highest BCUT2D eigenvalue weighted by atomic mass is 127. The summed E-state index contributed by atoms with van der Waals surface area (Å²) in [4.78, 5) is 10.9. The van der Waals surface area contributed by atoms with Crippen LogP contribution in [0.3, 0.4) is 0 Å². The molecule has 0 unspecified atom stereocenters. The van der Waals surface area contributed by atoms with Gasteiger partial charge in [0.25, 0.3) is 5.24 Å². The van der Waals surface area contributed by atoms with Crippen molar-refractivity contribution in [2.45, 2.75) is 6.92 Å². The van der Waals surface area contributed by atoms with E-state index in [0.717, 1.165) is 13.6 Å². The number of hydrogen-bond acceptors (Lipinski definition) is 1. The Bertz CT molecular complexity index is 338. The van der Waals surface area contributed by atoms with Crippen LogP contribution in [-0.4, -0.2) is 5.24 Å². The smallest absolute Gasteiger partial charge is 0.252 e. The summed E-state index contributed by atoms with van der Waals surface area (Å²) in [6.45, 7) is 1.88. The summed E-state index contributed by atoms with van der Waals surface area (Å²) in [6.07, 6.45) is 0. The lowest BCUT2D eigenvalue weighted by Gasteiger charge is -2.04. The molecule has 0 aliphatic heterocycles. The Morgan fingerprint density at radius 2 is 2.17 bits per heavy atom. The van der Waals surface area contributed by atoms with E-state index in [2.05, 4.69) is 38.5 Å². The highest BCUT2D eigenvalue weighted by Crippen LogP contribution is 2.25. The Balaban J connectivity index is 3.36. The zero-order valence-corrected chi connectivity index (χ0v) is 10.7. The Morgan fingerprint density at radius 1 is 1.58 bits per heavy atom. The first-order valence-corrected chi connectivity index (χ1v) is 5.43. The third kappa shape index (κ3) is 2.00. The first-order valence-electron chi connectivity index (χ1n) is 3.18. The van der Waals surface area contributed by atoms with Crippen LogP contribution in [0.4, 0.5) is 0 Å². The molecular formula is C8H5BrClIO. The van der Waals surface area contributed by atoms with Crippen molar-refractivity contribution in [3.63, 3.8) is 0 Å². The molecule has 0 aromatic heterocycles. The summed E-state index contributed by atoms with van der Waals surface area (Å²) in [6, 6.07) is 3.54. The van der Waals surface area contributed by atoms with Crippen LogP contribution in [0.25, 0.3) is 0 Å². The van der Waals surface area contributed by atoms with E-state index in [1.54, 1.807) is 6.07 Å². The second-order valence-corrected chi connectivity index (χ2v) is 4.58. The van der Waals surface area contributed by atoms with Crippen molar-refractivity contribution in [1.29, 1.82) is 0 Å². The van der Waals surface area contributed by atoms with Gasteiger partial charge in [-0.1, -0.05) is 0 Å². The van der Waals surface area contributed by atoms with Gasteiger partial charge < -0.3 is 0 Å². The van der Waals surface area contributed by atoms with E-state index in [1.165, 1.54) is 0 Å². The summed E-state index contributed by atoms with van der Waals surface area (Å²) in [5.74, 6) is 0. The van der Waals surface area contributed by atoms with Crippen LogP contribution >= 0.6 is 50.1 Å². The number of hydrogen-bond donors (Lipinski definition) is 0. The van der Waals surface area contributed by atoms with Crippen LogP contribution in [0.1, 0.15) is 15.9 Å². The zero-order chi connectivity index (χ0) is 9.30. The van der Waals surface area contributed by atoms with Crippen LogP contribution in [-0.2, 0) is 0 Å². The van der Waals surface area contributed by atoms with Crippen molar-refractivity contribution in [1.82, 2.24) is 0 Å². The van der Waals surface area contributed by atoms with Crippen molar-refractivity contribution in [2.75, 3.05) is 0 Å². The molecule has 0 aliphatic carbocycles. The Kier molecular flexibility index (Phi) is 3.55. The van der Waals surface area contributed by atoms with Gasteiger partial charge in [-0.2, -0.15) is 0 Å². The highest BCUT2D eigenvalue weighted by molar-refractivity contribution is 14.1. The maximum atomic E-state index is 10.9. The van der Waals surface area contributed by atoms with Gasteiger partial charge in [-0.3, -0.25) is 4.79 Å². The van der Waals surface area contributed by atoms with Gasteiger partial charge in [0.2, 0.25) is 0 Å². The normalized spacial score (nSPS) is 10.0. The van der Waals surface area contributed by atoms with Crippen LogP contribution in [0, 0.1) is 10.5 Å². The molecule has 1 nitrogen and oxygen atoms in total. The van der Waals surface area contributed by atoms with Crippen molar-refractivity contribution in [3.8, 4) is 0 Å². The Labute approximate surface area is 97.8 Å². The van der Waals surface area contributed by atoms with Gasteiger partial charge in [-0.15, -0.1) is 0 Å². The lowest BCUT2D eigenvalue weighted by molar-refractivity contribution is 0.108. The summed E-state index contributed by atoms with van der Waals surface area (Å²) < 4.78 is 2.02. The molecule has 0 heterocycles. The molecule has 1 aromatic rings. The van der Waals surface area contributed by atoms with E-state index >= 15 is 0 Å². The van der Waals surface area contributed by atoms with E-state index in [0.29, 0.717) is 5.56 Å². The molecule has 12 heavy (non-hydrogen) atoms. The van der Waals surface area contributed by atoms with Crippen LogP contribution in [0.5, 0.6) is 0 Å². The molecule has 0 radical (unpaired) electrons. The first-order chi connectivity index (χ1) is 5.54. The number of benzene rings is 1. The second kappa shape index (κ2) is 4.07. The van der Waals surface area contributed by atoms with Crippen LogP contribution in [0.15, 0.2) is 16.6 Å². The van der Waals surface area contributed by atoms with Crippen molar-refractivity contribution in [3.05, 3.63) is 31.3 Å². The van der Waals surface area contributed by atoms with E-state index in [4.69, 9.17) is 11.6 Å². The van der Waals surface area contributed by atoms with Gasteiger partial charge in [0, 0.05) is 13.6 Å². The third-order valence-corrected chi connectivity index (χ3v) is 4.55. The standard InChI is InChI=1S/C8H5BrClIO/c1-4-5(8(10)12)2-3-6(9)7(4)11/h2-3H,1H3. The molecule has 0 spiro atoms. The summed E-state index contributed by atoms with van der Waals surface area (Å²) in [5, 5.41) is -0.405. The lowest BCUT2D eigenvalue weighted by atomic mass is 10.1. The van der Waals surface area contributed by atoms with E-state index < -0.39 is 5.24 Å². The maximum absolute atomic E-state index is 10.9. The summed E-state index contributed by atoms with van der Waals surface area (Å²) in [7, 11) is 0. The van der Waals surface area contributed by atoms with E-state index in [1.807, 2.05) is 13.0 Å². The monoisotopic (exact) mass is 358 g/mol.